The van der Waals surface area contributed by atoms with Crippen LogP contribution in [-0.4, -0.2) is 33.7 Å². The van der Waals surface area contributed by atoms with E-state index in [0.29, 0.717) is 30.8 Å². The molecule has 2 aromatic rings. The monoisotopic (exact) mass is 281 g/mol. The van der Waals surface area contributed by atoms with Crippen molar-refractivity contribution in [3.05, 3.63) is 48.3 Å². The van der Waals surface area contributed by atoms with Gasteiger partial charge in [-0.15, -0.1) is 0 Å². The number of anilines is 1. The number of nitrogen functional groups attached to an aromatic ring is 1. The summed E-state index contributed by atoms with van der Waals surface area (Å²) in [5.41, 5.74) is 6.44. The second-order valence-corrected chi connectivity index (χ2v) is 5.30. The number of nitrogens with zero attached hydrogens (tertiary/aromatic N) is 4. The molecule has 1 aliphatic rings. The molecule has 6 heteroatoms. The second-order valence-electron chi connectivity index (χ2n) is 5.30. The largest absolute Gasteiger partial charge is 0.396 e. The number of nitrogens with two attached hydrogens (primary N) is 1. The summed E-state index contributed by atoms with van der Waals surface area (Å²) >= 11 is 0. The highest BCUT2D eigenvalue weighted by atomic mass is 16.2. The van der Waals surface area contributed by atoms with Crippen molar-refractivity contribution in [3.8, 4) is 6.07 Å². The number of carbonyl (C=O) groups excluding carboxylic acids is 1. The van der Waals surface area contributed by atoms with Crippen molar-refractivity contribution in [3.63, 3.8) is 0 Å². The Morgan fingerprint density at radius 1 is 1.38 bits per heavy atom. The molecule has 1 aromatic heterocycles. The summed E-state index contributed by atoms with van der Waals surface area (Å²) in [6.45, 7) is 0.935. The lowest BCUT2D eigenvalue weighted by Crippen LogP contribution is -2.64. The highest BCUT2D eigenvalue weighted by molar-refractivity contribution is 5.94. The Bertz CT molecular complexity index is 694. The van der Waals surface area contributed by atoms with Crippen LogP contribution in [0, 0.1) is 11.3 Å². The van der Waals surface area contributed by atoms with Crippen molar-refractivity contribution in [2.45, 2.75) is 12.0 Å². The Labute approximate surface area is 122 Å². The van der Waals surface area contributed by atoms with Crippen LogP contribution in [0.4, 0.5) is 5.69 Å². The van der Waals surface area contributed by atoms with E-state index < -0.39 is 5.54 Å². The molecule has 106 valence electrons. The second kappa shape index (κ2) is 4.94. The van der Waals surface area contributed by atoms with Crippen LogP contribution < -0.4 is 5.73 Å². The standard InChI is InChI=1S/C15H15N5O/c16-7-6-15(20-9-13(17)8-18-20)10-19(11-15)14(21)12-4-2-1-3-5-12/h1-5,8-9H,6,10-11,17H2. The highest BCUT2D eigenvalue weighted by Gasteiger charge is 2.47. The van der Waals surface area contributed by atoms with Gasteiger partial charge < -0.3 is 10.6 Å². The molecule has 0 unspecified atom stereocenters. The summed E-state index contributed by atoms with van der Waals surface area (Å²) in [5, 5.41) is 13.2. The molecule has 3 rings (SSSR count). The van der Waals surface area contributed by atoms with Crippen molar-refractivity contribution >= 4 is 11.6 Å². The van der Waals surface area contributed by atoms with Crippen LogP contribution in [0.25, 0.3) is 0 Å². The number of amides is 1. The minimum Gasteiger partial charge on any atom is -0.396 e. The molecule has 6 nitrogen and oxygen atoms in total. The molecule has 21 heavy (non-hydrogen) atoms. The molecule has 0 radical (unpaired) electrons. The Balaban J connectivity index is 1.78. The molecule has 1 amide bonds. The fraction of sp³-hybridized carbons (Fsp3) is 0.267. The molecule has 0 aliphatic carbocycles. The highest BCUT2D eigenvalue weighted by Crippen LogP contribution is 2.33. The number of carbonyl (C=O) groups is 1. The Morgan fingerprint density at radius 3 is 2.67 bits per heavy atom. The molecular weight excluding hydrogens is 266 g/mol. The number of likely N-dealkylation sites (tertiary alicyclic amines) is 1. The van der Waals surface area contributed by atoms with Crippen LogP contribution in [0.1, 0.15) is 16.8 Å². The number of rotatable bonds is 3. The molecular formula is C15H15N5O. The molecule has 1 aromatic carbocycles. The average Bonchev–Trinajstić information content (AvgIpc) is 2.89. The summed E-state index contributed by atoms with van der Waals surface area (Å²) in [7, 11) is 0. The molecule has 0 atom stereocenters. The summed E-state index contributed by atoms with van der Waals surface area (Å²) in [4.78, 5) is 14.1. The molecule has 0 spiro atoms. The minimum absolute atomic E-state index is 0.0238. The van der Waals surface area contributed by atoms with Gasteiger partial charge in [-0.2, -0.15) is 10.4 Å². The Hall–Kier alpha value is -2.81. The SMILES string of the molecule is N#CCC1(n2cc(N)cn2)CN(C(=O)c2ccccc2)C1. The predicted octanol–water partition coefficient (Wildman–Crippen LogP) is 1.23. The quantitative estimate of drug-likeness (QED) is 0.916. The first-order valence-electron chi connectivity index (χ1n) is 6.66. The smallest absolute Gasteiger partial charge is 0.254 e. The lowest BCUT2D eigenvalue weighted by molar-refractivity contribution is 0.00859. The van der Waals surface area contributed by atoms with E-state index in [-0.39, 0.29) is 5.91 Å². The van der Waals surface area contributed by atoms with Gasteiger partial charge in [-0.05, 0) is 12.1 Å². The maximum Gasteiger partial charge on any atom is 0.254 e. The number of nitriles is 1. The fourth-order valence-electron chi connectivity index (χ4n) is 2.65. The topological polar surface area (TPSA) is 87.9 Å². The molecule has 2 N–H and O–H groups in total. The maximum absolute atomic E-state index is 12.3. The van der Waals surface area contributed by atoms with Gasteiger partial charge in [0, 0.05) is 24.8 Å². The van der Waals surface area contributed by atoms with Crippen molar-refractivity contribution in [1.29, 1.82) is 5.26 Å². The van der Waals surface area contributed by atoms with Crippen LogP contribution in [0.3, 0.4) is 0 Å². The molecule has 1 saturated heterocycles. The predicted molar refractivity (Wildman–Crippen MR) is 77.2 cm³/mol. The first kappa shape index (κ1) is 13.2. The maximum atomic E-state index is 12.3. The van der Waals surface area contributed by atoms with Gasteiger partial charge in [0.2, 0.25) is 0 Å². The molecule has 2 heterocycles. The minimum atomic E-state index is -0.461. The van der Waals surface area contributed by atoms with Crippen molar-refractivity contribution in [2.75, 3.05) is 18.8 Å². The van der Waals surface area contributed by atoms with Gasteiger partial charge >= 0.3 is 0 Å². The average molecular weight is 281 g/mol. The molecule has 1 fully saturated rings. The molecule has 0 bridgehead atoms. The lowest BCUT2D eigenvalue weighted by Gasteiger charge is -2.48. The summed E-state index contributed by atoms with van der Waals surface area (Å²) in [6, 6.07) is 11.3. The number of benzene rings is 1. The molecule has 1 aliphatic heterocycles. The Kier molecular flexibility index (Phi) is 3.10. The summed E-state index contributed by atoms with van der Waals surface area (Å²) in [6.07, 6.45) is 3.56. The van der Waals surface area contributed by atoms with Gasteiger partial charge in [-0.3, -0.25) is 9.48 Å². The third kappa shape index (κ3) is 2.23. The van der Waals surface area contributed by atoms with Crippen LogP contribution in [0.15, 0.2) is 42.7 Å². The van der Waals surface area contributed by atoms with Gasteiger partial charge in [-0.25, -0.2) is 0 Å². The van der Waals surface area contributed by atoms with Crippen molar-refractivity contribution in [2.24, 2.45) is 0 Å². The van der Waals surface area contributed by atoms with Crippen LogP contribution in [-0.2, 0) is 5.54 Å². The lowest BCUT2D eigenvalue weighted by atomic mass is 9.86. The van der Waals surface area contributed by atoms with Crippen molar-refractivity contribution in [1.82, 2.24) is 14.7 Å². The Morgan fingerprint density at radius 2 is 2.10 bits per heavy atom. The zero-order valence-corrected chi connectivity index (χ0v) is 11.4. The van der Waals surface area contributed by atoms with Crippen LogP contribution in [0.5, 0.6) is 0 Å². The molecule has 0 saturated carbocycles. The van der Waals surface area contributed by atoms with Gasteiger partial charge in [0.15, 0.2) is 0 Å². The van der Waals surface area contributed by atoms with E-state index in [1.165, 1.54) is 0 Å². The van der Waals surface area contributed by atoms with Gasteiger partial charge in [0.1, 0.15) is 5.54 Å². The zero-order valence-electron chi connectivity index (χ0n) is 11.4. The number of hydrogen-bond donors (Lipinski definition) is 1. The normalized spacial score (nSPS) is 16.0. The van der Waals surface area contributed by atoms with Gasteiger partial charge in [0.25, 0.3) is 5.91 Å². The van der Waals surface area contributed by atoms with E-state index in [2.05, 4.69) is 11.2 Å². The van der Waals surface area contributed by atoms with Crippen LogP contribution in [0.2, 0.25) is 0 Å². The van der Waals surface area contributed by atoms with E-state index >= 15 is 0 Å². The van der Waals surface area contributed by atoms with E-state index in [9.17, 15) is 4.79 Å². The summed E-state index contributed by atoms with van der Waals surface area (Å²) in [5.74, 6) is -0.0238. The third-order valence-electron chi connectivity index (χ3n) is 3.77. The fourth-order valence-corrected chi connectivity index (χ4v) is 2.65. The third-order valence-corrected chi connectivity index (χ3v) is 3.77. The van der Waals surface area contributed by atoms with Crippen molar-refractivity contribution < 1.29 is 4.79 Å². The van der Waals surface area contributed by atoms with Crippen LogP contribution >= 0.6 is 0 Å². The van der Waals surface area contributed by atoms with Gasteiger partial charge in [0.05, 0.1) is 24.4 Å². The first-order chi connectivity index (χ1) is 10.1. The zero-order chi connectivity index (χ0) is 14.9. The number of hydrogen-bond acceptors (Lipinski definition) is 4. The van der Waals surface area contributed by atoms with E-state index in [0.717, 1.165) is 0 Å². The number of aromatic nitrogens is 2. The first-order valence-corrected chi connectivity index (χ1v) is 6.66. The van der Waals surface area contributed by atoms with E-state index in [4.69, 9.17) is 11.0 Å². The summed E-state index contributed by atoms with van der Waals surface area (Å²) < 4.78 is 1.71. The van der Waals surface area contributed by atoms with E-state index in [1.807, 2.05) is 18.2 Å². The van der Waals surface area contributed by atoms with Gasteiger partial charge in [-0.1, -0.05) is 18.2 Å². The van der Waals surface area contributed by atoms with E-state index in [1.54, 1.807) is 34.1 Å².